The van der Waals surface area contributed by atoms with Crippen molar-refractivity contribution in [3.63, 3.8) is 0 Å². The summed E-state index contributed by atoms with van der Waals surface area (Å²) in [7, 11) is 0. The number of carbonyl (C=O) groups excluding carboxylic acids is 2. The summed E-state index contributed by atoms with van der Waals surface area (Å²) in [6.45, 7) is 9.01. The highest BCUT2D eigenvalue weighted by molar-refractivity contribution is 6.35. The Balaban J connectivity index is 1.81. The van der Waals surface area contributed by atoms with Gasteiger partial charge < -0.3 is 10.0 Å². The number of ketones is 2. The Morgan fingerprint density at radius 1 is 0.861 bits per heavy atom. The highest BCUT2D eigenvalue weighted by Crippen LogP contribution is 2.56. The summed E-state index contributed by atoms with van der Waals surface area (Å²) in [5.74, 6) is -0.810. The van der Waals surface area contributed by atoms with Crippen molar-refractivity contribution in [2.75, 3.05) is 0 Å². The molecule has 6 heteroatoms. The van der Waals surface area contributed by atoms with Crippen LogP contribution in [0.25, 0.3) is 0 Å². The molecule has 0 spiro atoms. The Morgan fingerprint density at radius 3 is 1.92 bits per heavy atom. The van der Waals surface area contributed by atoms with E-state index >= 15 is 0 Å². The molecule has 1 N–H and O–H groups in total. The number of aromatic hydroxyl groups is 1. The molecule has 0 amide bonds. The second-order valence-corrected chi connectivity index (χ2v) is 12.8. The molecule has 1 heterocycles. The van der Waals surface area contributed by atoms with E-state index in [1.165, 1.54) is 6.07 Å². The lowest BCUT2D eigenvalue weighted by molar-refractivity contribution is -0.119. The van der Waals surface area contributed by atoms with Gasteiger partial charge in [0.05, 0.1) is 5.02 Å². The Bertz CT molecular complexity index is 1280. The lowest BCUT2D eigenvalue weighted by atomic mass is 9.63. The molecule has 2 aromatic carbocycles. The highest BCUT2D eigenvalue weighted by Gasteiger charge is 2.49. The number of halogens is 2. The van der Waals surface area contributed by atoms with Crippen LogP contribution in [0.4, 0.5) is 0 Å². The average Bonchev–Trinajstić information content (AvgIpc) is 2.76. The monoisotopic (exact) mass is 523 g/mol. The van der Waals surface area contributed by atoms with Crippen LogP contribution in [0.5, 0.6) is 5.75 Å². The maximum Gasteiger partial charge on any atom is 0.162 e. The molecule has 188 valence electrons. The van der Waals surface area contributed by atoms with Gasteiger partial charge in [0.1, 0.15) is 5.75 Å². The van der Waals surface area contributed by atoms with E-state index in [0.29, 0.717) is 54.0 Å². The molecule has 36 heavy (non-hydrogen) atoms. The van der Waals surface area contributed by atoms with Crippen molar-refractivity contribution in [1.29, 1.82) is 0 Å². The summed E-state index contributed by atoms with van der Waals surface area (Å²) in [6.07, 6.45) is 2.13. The zero-order valence-corrected chi connectivity index (χ0v) is 22.6. The van der Waals surface area contributed by atoms with Crippen LogP contribution >= 0.6 is 23.2 Å². The lowest BCUT2D eigenvalue weighted by Crippen LogP contribution is -2.44. The quantitative estimate of drug-likeness (QED) is 0.450. The first-order valence-corrected chi connectivity index (χ1v) is 13.1. The minimum Gasteiger partial charge on any atom is -0.506 e. The maximum atomic E-state index is 13.8. The summed E-state index contributed by atoms with van der Waals surface area (Å²) >= 11 is 12.7. The van der Waals surface area contributed by atoms with Gasteiger partial charge in [-0.2, -0.15) is 0 Å². The van der Waals surface area contributed by atoms with Crippen LogP contribution in [-0.2, 0) is 16.1 Å². The van der Waals surface area contributed by atoms with E-state index in [4.69, 9.17) is 23.2 Å². The van der Waals surface area contributed by atoms with Crippen molar-refractivity contribution >= 4 is 34.8 Å². The second kappa shape index (κ2) is 8.78. The first kappa shape index (κ1) is 25.1. The highest BCUT2D eigenvalue weighted by atomic mass is 35.5. The van der Waals surface area contributed by atoms with Crippen LogP contribution in [0, 0.1) is 10.8 Å². The number of hydrogen-bond acceptors (Lipinski definition) is 4. The van der Waals surface area contributed by atoms with Gasteiger partial charge in [-0.1, -0.05) is 81.2 Å². The van der Waals surface area contributed by atoms with Crippen LogP contribution in [0.1, 0.15) is 70.4 Å². The van der Waals surface area contributed by atoms with Gasteiger partial charge >= 0.3 is 0 Å². The minimum absolute atomic E-state index is 0.00370. The Kier molecular flexibility index (Phi) is 6.12. The minimum atomic E-state index is -0.689. The van der Waals surface area contributed by atoms with E-state index in [2.05, 4.69) is 44.7 Å². The van der Waals surface area contributed by atoms with Crippen LogP contribution in [0.15, 0.2) is 65.0 Å². The SMILES string of the molecule is CC1(C)CC(=O)C2=C(C1)N(Cc1ccccc1)C1=C(C(=O)CC(C)(C)C1)C2c1cc(Cl)cc(Cl)c1O. The van der Waals surface area contributed by atoms with E-state index < -0.39 is 5.92 Å². The molecule has 2 aliphatic carbocycles. The molecule has 0 unspecified atom stereocenters. The van der Waals surface area contributed by atoms with E-state index in [1.807, 2.05) is 18.2 Å². The fourth-order valence-corrected chi connectivity index (χ4v) is 6.63. The third-order valence-corrected chi connectivity index (χ3v) is 8.08. The number of allylic oxidation sites excluding steroid dienone is 4. The molecule has 0 saturated carbocycles. The normalized spacial score (nSPS) is 21.6. The number of benzene rings is 2. The number of hydrogen-bond donors (Lipinski definition) is 1. The van der Waals surface area contributed by atoms with Crippen LogP contribution in [-0.4, -0.2) is 21.6 Å². The fraction of sp³-hybridized carbons (Fsp3) is 0.400. The summed E-state index contributed by atoms with van der Waals surface area (Å²) in [6, 6.07) is 13.3. The van der Waals surface area contributed by atoms with Crippen molar-refractivity contribution in [3.05, 3.63) is 86.2 Å². The molecule has 3 aliphatic rings. The fourth-order valence-electron chi connectivity index (χ4n) is 6.12. The van der Waals surface area contributed by atoms with Crippen LogP contribution < -0.4 is 0 Å². The third-order valence-electron chi connectivity index (χ3n) is 7.57. The second-order valence-electron chi connectivity index (χ2n) is 11.9. The van der Waals surface area contributed by atoms with E-state index in [-0.39, 0.29) is 33.2 Å². The van der Waals surface area contributed by atoms with Crippen molar-refractivity contribution in [2.45, 2.75) is 65.8 Å². The summed E-state index contributed by atoms with van der Waals surface area (Å²) in [5, 5.41) is 11.5. The van der Waals surface area contributed by atoms with Crippen LogP contribution in [0.2, 0.25) is 10.0 Å². The molecule has 4 nitrogen and oxygen atoms in total. The summed E-state index contributed by atoms with van der Waals surface area (Å²) in [5.41, 5.74) is 4.12. The predicted octanol–water partition coefficient (Wildman–Crippen LogP) is 7.58. The molecule has 0 aromatic heterocycles. The first-order chi connectivity index (χ1) is 16.9. The van der Waals surface area contributed by atoms with Gasteiger partial charge in [-0.15, -0.1) is 0 Å². The molecule has 1 aliphatic heterocycles. The molecule has 0 bridgehead atoms. The number of Topliss-reactive ketones (excluding diaryl/α,β-unsaturated/α-hetero) is 2. The van der Waals surface area contributed by atoms with Gasteiger partial charge in [-0.3, -0.25) is 9.59 Å². The van der Waals surface area contributed by atoms with Gasteiger partial charge in [0.15, 0.2) is 11.6 Å². The molecule has 0 fully saturated rings. The number of carbonyl (C=O) groups is 2. The van der Waals surface area contributed by atoms with Crippen molar-refractivity contribution in [1.82, 2.24) is 4.90 Å². The predicted molar refractivity (Wildman–Crippen MR) is 143 cm³/mol. The van der Waals surface area contributed by atoms with Gasteiger partial charge in [-0.05, 0) is 41.4 Å². The zero-order chi connectivity index (χ0) is 26.0. The lowest BCUT2D eigenvalue weighted by Gasteiger charge is -2.49. The maximum absolute atomic E-state index is 13.8. The zero-order valence-electron chi connectivity index (χ0n) is 21.1. The number of rotatable bonds is 3. The molecule has 0 saturated heterocycles. The molecule has 2 aromatic rings. The smallest absolute Gasteiger partial charge is 0.162 e. The summed E-state index contributed by atoms with van der Waals surface area (Å²) < 4.78 is 0. The van der Waals surface area contributed by atoms with E-state index in [1.54, 1.807) is 6.07 Å². The number of nitrogens with zero attached hydrogens (tertiary/aromatic N) is 1. The first-order valence-electron chi connectivity index (χ1n) is 12.4. The molecular formula is C30H31Cl2NO3. The summed E-state index contributed by atoms with van der Waals surface area (Å²) in [4.78, 5) is 29.9. The Labute approximate surface area is 222 Å². The van der Waals surface area contributed by atoms with Crippen molar-refractivity contribution in [3.8, 4) is 5.75 Å². The Hall–Kier alpha value is -2.56. The topological polar surface area (TPSA) is 57.6 Å². The molecule has 0 atom stereocenters. The van der Waals surface area contributed by atoms with Gasteiger partial charge in [-0.25, -0.2) is 0 Å². The van der Waals surface area contributed by atoms with Crippen LogP contribution in [0.3, 0.4) is 0 Å². The van der Waals surface area contributed by atoms with Gasteiger partial charge in [0.2, 0.25) is 0 Å². The van der Waals surface area contributed by atoms with E-state index in [9.17, 15) is 14.7 Å². The molecule has 0 radical (unpaired) electrons. The molecular weight excluding hydrogens is 493 g/mol. The van der Waals surface area contributed by atoms with Crippen molar-refractivity contribution < 1.29 is 14.7 Å². The van der Waals surface area contributed by atoms with E-state index in [0.717, 1.165) is 17.0 Å². The third kappa shape index (κ3) is 4.39. The van der Waals surface area contributed by atoms with Crippen molar-refractivity contribution in [2.24, 2.45) is 10.8 Å². The largest absolute Gasteiger partial charge is 0.506 e. The number of phenols is 1. The van der Waals surface area contributed by atoms with Gasteiger partial charge in [0.25, 0.3) is 0 Å². The average molecular weight is 524 g/mol. The van der Waals surface area contributed by atoms with Gasteiger partial charge in [0, 0.05) is 58.4 Å². The Morgan fingerprint density at radius 2 is 1.39 bits per heavy atom. The standard InChI is InChI=1S/C30H31Cl2NO3/c1-29(2)12-21-26(23(34)14-29)25(19-10-18(31)11-20(32)28(19)36)27-22(13-30(3,4)15-24(27)35)33(21)16-17-8-6-5-7-9-17/h5-11,25,36H,12-16H2,1-4H3. The number of phenolic OH excluding ortho intramolecular Hbond substituents is 1. The molecule has 5 rings (SSSR count).